The molecular formula is C50H77N7O11. The van der Waals surface area contributed by atoms with E-state index < -0.39 is 71.1 Å². The molecule has 2 aromatic carbocycles. The molecule has 18 nitrogen and oxygen atoms in total. The lowest BCUT2D eigenvalue weighted by Gasteiger charge is -2.27. The van der Waals surface area contributed by atoms with Crippen LogP contribution in [0, 0.1) is 0 Å². The van der Waals surface area contributed by atoms with Gasteiger partial charge in [-0.3, -0.25) is 14.4 Å². The van der Waals surface area contributed by atoms with Crippen molar-refractivity contribution in [1.82, 2.24) is 36.8 Å². The fourth-order valence-corrected chi connectivity index (χ4v) is 7.37. The fraction of sp³-hybridized carbons (Fsp3) is 0.620. The van der Waals surface area contributed by atoms with Gasteiger partial charge in [0, 0.05) is 39.6 Å². The van der Waals surface area contributed by atoms with Gasteiger partial charge in [0.25, 0.3) is 0 Å². The molecule has 0 fully saturated rings. The Morgan fingerprint density at radius 2 is 0.853 bits per heavy atom. The summed E-state index contributed by atoms with van der Waals surface area (Å²) in [6.07, 6.45) is 0.496. The van der Waals surface area contributed by atoms with Crippen molar-refractivity contribution in [3.05, 3.63) is 59.7 Å². The number of amides is 7. The summed E-state index contributed by atoms with van der Waals surface area (Å²) in [5.74, 6) is -1.86. The molecule has 0 saturated carbocycles. The molecule has 0 heterocycles. The molecule has 2 aromatic rings. The van der Waals surface area contributed by atoms with Gasteiger partial charge in [0.2, 0.25) is 17.7 Å². The lowest BCUT2D eigenvalue weighted by Crippen LogP contribution is -2.56. The summed E-state index contributed by atoms with van der Waals surface area (Å²) >= 11 is 0. The Morgan fingerprint density at radius 1 is 0.500 bits per heavy atom. The first-order chi connectivity index (χ1) is 31.8. The Kier molecular flexibility index (Phi) is 21.9. The highest BCUT2D eigenvalue weighted by Crippen LogP contribution is 2.44. The van der Waals surface area contributed by atoms with Crippen molar-refractivity contribution in [2.45, 2.75) is 161 Å². The largest absolute Gasteiger partial charge is 0.449 e. The number of benzene rings is 2. The number of fused-ring (bicyclic) bond motifs is 3. The van der Waals surface area contributed by atoms with Gasteiger partial charge in [-0.15, -0.1) is 0 Å². The van der Waals surface area contributed by atoms with E-state index in [0.717, 1.165) is 22.3 Å². The van der Waals surface area contributed by atoms with Gasteiger partial charge in [-0.25, -0.2) is 19.2 Å². The van der Waals surface area contributed by atoms with Gasteiger partial charge in [0.15, 0.2) is 0 Å². The molecule has 0 radical (unpaired) electrons. The molecule has 1 aliphatic rings. The summed E-state index contributed by atoms with van der Waals surface area (Å²) in [7, 11) is 3.15. The Labute approximate surface area is 402 Å². The average Bonchev–Trinajstić information content (AvgIpc) is 3.55. The number of ether oxygens (including phenoxy) is 4. The number of rotatable bonds is 23. The summed E-state index contributed by atoms with van der Waals surface area (Å²) in [6, 6.07) is 12.6. The Bertz CT molecular complexity index is 1960. The lowest BCUT2D eigenvalue weighted by atomic mass is 9.98. The van der Waals surface area contributed by atoms with Crippen molar-refractivity contribution >= 4 is 42.1 Å². The molecule has 0 saturated heterocycles. The maximum atomic E-state index is 14.3. The van der Waals surface area contributed by atoms with Gasteiger partial charge in [-0.05, 0) is 142 Å². The molecule has 0 bridgehead atoms. The zero-order valence-electron chi connectivity index (χ0n) is 42.1. The van der Waals surface area contributed by atoms with Crippen LogP contribution >= 0.6 is 0 Å². The van der Waals surface area contributed by atoms with Crippen LogP contribution in [-0.2, 0) is 33.3 Å². The van der Waals surface area contributed by atoms with E-state index in [1.807, 2.05) is 48.5 Å². The van der Waals surface area contributed by atoms with Crippen molar-refractivity contribution in [2.75, 3.05) is 40.3 Å². The van der Waals surface area contributed by atoms with Crippen LogP contribution in [0.2, 0.25) is 0 Å². The molecule has 1 aliphatic carbocycles. The topological polar surface area (TPSA) is 232 Å². The molecule has 0 aliphatic heterocycles. The number of carbonyl (C=O) groups excluding carboxylic acids is 7. The number of unbranched alkanes of at least 4 members (excludes halogenated alkanes) is 3. The molecule has 18 heteroatoms. The van der Waals surface area contributed by atoms with E-state index in [9.17, 15) is 33.6 Å². The minimum atomic E-state index is -1.16. The number of hydrogen-bond donors (Lipinski definition) is 6. The van der Waals surface area contributed by atoms with E-state index in [4.69, 9.17) is 18.9 Å². The van der Waals surface area contributed by atoms with Crippen LogP contribution < -0.4 is 31.9 Å². The van der Waals surface area contributed by atoms with E-state index in [-0.39, 0.29) is 57.3 Å². The summed E-state index contributed by atoms with van der Waals surface area (Å²) in [6.45, 7) is 16.6. The van der Waals surface area contributed by atoms with Crippen LogP contribution in [0.4, 0.5) is 19.2 Å². The minimum Gasteiger partial charge on any atom is -0.449 e. The number of likely N-dealkylation sites (N-methyl/N-ethyl adjacent to an activating group) is 1. The molecular weight excluding hydrogens is 875 g/mol. The maximum absolute atomic E-state index is 14.3. The van der Waals surface area contributed by atoms with E-state index in [0.29, 0.717) is 38.5 Å². The quantitative estimate of drug-likeness (QED) is 0.0489. The van der Waals surface area contributed by atoms with Crippen molar-refractivity contribution in [2.24, 2.45) is 0 Å². The van der Waals surface area contributed by atoms with Crippen LogP contribution in [0.3, 0.4) is 0 Å². The number of hydrogen-bond acceptors (Lipinski definition) is 11. The monoisotopic (exact) mass is 952 g/mol. The zero-order chi connectivity index (χ0) is 50.7. The number of nitrogens with zero attached hydrogens (tertiary/aromatic N) is 1. The highest BCUT2D eigenvalue weighted by Gasteiger charge is 2.32. The summed E-state index contributed by atoms with van der Waals surface area (Å²) in [5.41, 5.74) is 2.13. The summed E-state index contributed by atoms with van der Waals surface area (Å²) in [5, 5.41) is 16.5. The molecule has 0 unspecified atom stereocenters. The van der Waals surface area contributed by atoms with Gasteiger partial charge < -0.3 is 55.7 Å². The first-order valence-corrected chi connectivity index (χ1v) is 23.7. The van der Waals surface area contributed by atoms with Gasteiger partial charge in [0.1, 0.15) is 41.5 Å². The third kappa shape index (κ3) is 20.8. The van der Waals surface area contributed by atoms with Crippen molar-refractivity contribution in [3.63, 3.8) is 0 Å². The van der Waals surface area contributed by atoms with Crippen molar-refractivity contribution < 1.29 is 52.5 Å². The summed E-state index contributed by atoms with van der Waals surface area (Å²) < 4.78 is 21.8. The van der Waals surface area contributed by atoms with Crippen molar-refractivity contribution in [1.29, 1.82) is 0 Å². The predicted octanol–water partition coefficient (Wildman–Crippen LogP) is 7.04. The van der Waals surface area contributed by atoms with Gasteiger partial charge in [0.05, 0.1) is 0 Å². The average molecular weight is 952 g/mol. The van der Waals surface area contributed by atoms with Crippen LogP contribution in [0.1, 0.15) is 137 Å². The molecule has 3 atom stereocenters. The first-order valence-electron chi connectivity index (χ1n) is 23.7. The molecule has 0 spiro atoms. The van der Waals surface area contributed by atoms with Crippen LogP contribution in [0.15, 0.2) is 48.5 Å². The zero-order valence-corrected chi connectivity index (χ0v) is 42.1. The number of alkyl carbamates (subject to hydrolysis) is 4. The second-order valence-corrected chi connectivity index (χ2v) is 20.2. The highest BCUT2D eigenvalue weighted by atomic mass is 16.6. The number of carbonyl (C=O) groups is 7. The standard InChI is InChI=1S/C50H77N7O11/c1-48(2,3)66-44(61)51-29-19-16-26-38(41(58)55-40(43(60)57(10)11)28-18-21-31-53-46(63)68-50(7,8)9)54-42(59)39(27-17-20-30-52-45(62)67-49(4,5)6)56-47(64)65-32-37-35-24-14-12-22-33(35)34-23-13-15-25-36(34)37/h12-15,22-25,37-40H,16-21,26-32H2,1-11H3,(H,51,61)(H,52,62)(H,53,63)(H,54,59)(H,55,58)(H,56,64)/t38-,39-,40-/m0/s1. The van der Waals surface area contributed by atoms with E-state index >= 15 is 0 Å². The molecule has 6 N–H and O–H groups in total. The van der Waals surface area contributed by atoms with Crippen LogP contribution in [-0.4, -0.2) is 122 Å². The molecule has 378 valence electrons. The number of nitrogens with one attached hydrogen (secondary N) is 6. The van der Waals surface area contributed by atoms with Gasteiger partial charge in [-0.1, -0.05) is 48.5 Å². The van der Waals surface area contributed by atoms with E-state index in [1.54, 1.807) is 76.4 Å². The molecule has 7 amide bonds. The maximum Gasteiger partial charge on any atom is 0.407 e. The van der Waals surface area contributed by atoms with Crippen LogP contribution in [0.5, 0.6) is 0 Å². The Morgan fingerprint density at radius 3 is 1.24 bits per heavy atom. The normalized spacial score (nSPS) is 13.6. The Balaban J connectivity index is 1.79. The summed E-state index contributed by atoms with van der Waals surface area (Å²) in [4.78, 5) is 93.6. The van der Waals surface area contributed by atoms with Gasteiger partial charge >= 0.3 is 24.4 Å². The van der Waals surface area contributed by atoms with E-state index in [1.165, 1.54) is 4.90 Å². The van der Waals surface area contributed by atoms with Crippen LogP contribution in [0.25, 0.3) is 11.1 Å². The smallest absolute Gasteiger partial charge is 0.407 e. The third-order valence-corrected chi connectivity index (χ3v) is 10.4. The van der Waals surface area contributed by atoms with Gasteiger partial charge in [-0.2, -0.15) is 0 Å². The third-order valence-electron chi connectivity index (χ3n) is 10.4. The Hall–Kier alpha value is -6.07. The SMILES string of the molecule is CN(C)C(=O)[C@H](CCCCNC(=O)OC(C)(C)C)NC(=O)[C@H](CCCCNC(=O)OC(C)(C)C)NC(=O)[C@H](CCCCNC(=O)OC(C)(C)C)NC(=O)OCC1c2ccccc2-c2ccccc21. The van der Waals surface area contributed by atoms with E-state index in [2.05, 4.69) is 31.9 Å². The highest BCUT2D eigenvalue weighted by molar-refractivity contribution is 5.94. The minimum absolute atomic E-state index is 0.00866. The molecule has 3 rings (SSSR count). The second kappa shape index (κ2) is 26.5. The predicted molar refractivity (Wildman–Crippen MR) is 259 cm³/mol. The second-order valence-electron chi connectivity index (χ2n) is 20.2. The molecule has 0 aromatic heterocycles. The fourth-order valence-electron chi connectivity index (χ4n) is 7.37. The lowest BCUT2D eigenvalue weighted by molar-refractivity contribution is -0.136. The van der Waals surface area contributed by atoms with Crippen molar-refractivity contribution in [3.8, 4) is 11.1 Å². The first kappa shape index (κ1) is 56.3. The molecule has 68 heavy (non-hydrogen) atoms.